The molecule has 1 aromatic rings. The fourth-order valence-corrected chi connectivity index (χ4v) is 2.43. The summed E-state index contributed by atoms with van der Waals surface area (Å²) < 4.78 is 0. The molecule has 0 atom stereocenters. The van der Waals surface area contributed by atoms with Gasteiger partial charge in [-0.3, -0.25) is 4.99 Å². The second-order valence-corrected chi connectivity index (χ2v) is 6.17. The predicted molar refractivity (Wildman–Crippen MR) is 89.6 cm³/mol. The van der Waals surface area contributed by atoms with Crippen LogP contribution < -0.4 is 0 Å². The van der Waals surface area contributed by atoms with Crippen LogP contribution in [0, 0.1) is 0 Å². The summed E-state index contributed by atoms with van der Waals surface area (Å²) in [5.41, 5.74) is 0.637. The van der Waals surface area contributed by atoms with Crippen molar-refractivity contribution in [3.63, 3.8) is 0 Å². The van der Waals surface area contributed by atoms with Crippen LogP contribution >= 0.6 is 0 Å². The van der Waals surface area contributed by atoms with Gasteiger partial charge in [0.1, 0.15) is 0 Å². The zero-order chi connectivity index (χ0) is 17.8. The summed E-state index contributed by atoms with van der Waals surface area (Å²) in [6.07, 6.45) is 0.681. The molecule has 0 amide bonds. The number of aromatic carboxylic acids is 2. The van der Waals surface area contributed by atoms with Gasteiger partial charge >= 0.3 is 11.9 Å². The van der Waals surface area contributed by atoms with Crippen LogP contribution in [0.25, 0.3) is 0 Å². The number of nitrogens with zero attached hydrogens (tertiary/aromatic N) is 2. The Labute approximate surface area is 136 Å². The highest BCUT2D eigenvalue weighted by molar-refractivity contribution is 6.01. The van der Waals surface area contributed by atoms with Gasteiger partial charge in [-0.1, -0.05) is 13.0 Å². The summed E-state index contributed by atoms with van der Waals surface area (Å²) in [6.45, 7) is 9.29. The lowest BCUT2D eigenvalue weighted by Crippen LogP contribution is -2.27. The molecule has 0 saturated carbocycles. The van der Waals surface area contributed by atoms with Gasteiger partial charge in [0.05, 0.1) is 22.5 Å². The van der Waals surface area contributed by atoms with Gasteiger partial charge in [-0.15, -0.1) is 0 Å². The number of hydrogen-bond donors (Lipinski definition) is 2. The molecule has 0 fully saturated rings. The highest BCUT2D eigenvalue weighted by atomic mass is 16.4. The van der Waals surface area contributed by atoms with Crippen molar-refractivity contribution in [3.05, 3.63) is 34.9 Å². The van der Waals surface area contributed by atoms with Crippen LogP contribution in [0.4, 0.5) is 0 Å². The van der Waals surface area contributed by atoms with Crippen molar-refractivity contribution >= 4 is 17.8 Å². The molecule has 0 aliphatic carbocycles. The minimum absolute atomic E-state index is 0.152. The second-order valence-electron chi connectivity index (χ2n) is 6.17. The molecular formula is C17H24N2O4. The number of rotatable bonds is 3. The van der Waals surface area contributed by atoms with E-state index in [0.717, 1.165) is 17.9 Å². The highest BCUT2D eigenvalue weighted by Crippen LogP contribution is 2.17. The molecule has 0 unspecified atom stereocenters. The van der Waals surface area contributed by atoms with E-state index in [1.165, 1.54) is 12.1 Å². The quantitative estimate of drug-likeness (QED) is 0.893. The van der Waals surface area contributed by atoms with E-state index in [0.29, 0.717) is 6.42 Å². The number of amidine groups is 1. The van der Waals surface area contributed by atoms with Crippen LogP contribution in [0.1, 0.15) is 54.0 Å². The molecule has 6 nitrogen and oxygen atoms in total. The van der Waals surface area contributed by atoms with Gasteiger partial charge in [0.15, 0.2) is 0 Å². The molecule has 0 radical (unpaired) electrons. The van der Waals surface area contributed by atoms with Crippen molar-refractivity contribution in [2.45, 2.75) is 39.7 Å². The Bertz CT molecular complexity index is 635. The van der Waals surface area contributed by atoms with Crippen LogP contribution in [-0.4, -0.2) is 52.0 Å². The SMILES string of the molecule is CC1=NC(C)(C)CN1C.CCc1ccc(C(=O)O)c(C(=O)O)c1. The van der Waals surface area contributed by atoms with Gasteiger partial charge < -0.3 is 15.1 Å². The number of carboxylic acids is 2. The van der Waals surface area contributed by atoms with E-state index in [4.69, 9.17) is 10.2 Å². The molecule has 0 saturated heterocycles. The molecule has 1 aliphatic heterocycles. The zero-order valence-electron chi connectivity index (χ0n) is 14.3. The van der Waals surface area contributed by atoms with Gasteiger partial charge in [0.25, 0.3) is 0 Å². The van der Waals surface area contributed by atoms with Crippen LogP contribution in [0.2, 0.25) is 0 Å². The highest BCUT2D eigenvalue weighted by Gasteiger charge is 2.25. The number of likely N-dealkylation sites (N-methyl/N-ethyl adjacent to an activating group) is 1. The first kappa shape index (κ1) is 18.7. The normalized spacial score (nSPS) is 15.5. The van der Waals surface area contributed by atoms with Crippen molar-refractivity contribution in [1.29, 1.82) is 0 Å². The topological polar surface area (TPSA) is 90.2 Å². The molecular weight excluding hydrogens is 296 g/mol. The lowest BCUT2D eigenvalue weighted by atomic mass is 10.0. The summed E-state index contributed by atoms with van der Waals surface area (Å²) in [6, 6.07) is 4.34. The summed E-state index contributed by atoms with van der Waals surface area (Å²) in [5.74, 6) is -1.28. The average Bonchev–Trinajstić information content (AvgIpc) is 2.69. The molecule has 2 rings (SSSR count). The summed E-state index contributed by atoms with van der Waals surface area (Å²) in [5, 5.41) is 17.5. The maximum absolute atomic E-state index is 10.7. The van der Waals surface area contributed by atoms with Gasteiger partial charge in [0.2, 0.25) is 0 Å². The van der Waals surface area contributed by atoms with E-state index >= 15 is 0 Å². The van der Waals surface area contributed by atoms with Crippen molar-refractivity contribution in [2.75, 3.05) is 13.6 Å². The van der Waals surface area contributed by atoms with Gasteiger partial charge in [-0.2, -0.15) is 0 Å². The molecule has 23 heavy (non-hydrogen) atoms. The van der Waals surface area contributed by atoms with E-state index in [-0.39, 0.29) is 16.7 Å². The lowest BCUT2D eigenvalue weighted by molar-refractivity contribution is 0.0651. The molecule has 0 bridgehead atoms. The smallest absolute Gasteiger partial charge is 0.336 e. The molecule has 1 heterocycles. The number of carboxylic acid groups (broad SMARTS) is 2. The number of benzene rings is 1. The van der Waals surface area contributed by atoms with Crippen molar-refractivity contribution in [1.82, 2.24) is 4.90 Å². The number of aryl methyl sites for hydroxylation is 1. The van der Waals surface area contributed by atoms with Gasteiger partial charge in [0, 0.05) is 13.6 Å². The summed E-state index contributed by atoms with van der Waals surface area (Å²) in [7, 11) is 2.08. The van der Waals surface area contributed by atoms with Crippen molar-refractivity contribution < 1.29 is 19.8 Å². The largest absolute Gasteiger partial charge is 0.478 e. The zero-order valence-corrected chi connectivity index (χ0v) is 14.3. The Morgan fingerprint density at radius 3 is 2.09 bits per heavy atom. The summed E-state index contributed by atoms with van der Waals surface area (Å²) in [4.78, 5) is 28.0. The van der Waals surface area contributed by atoms with E-state index in [9.17, 15) is 9.59 Å². The van der Waals surface area contributed by atoms with Crippen LogP contribution in [0.15, 0.2) is 23.2 Å². The Morgan fingerprint density at radius 1 is 1.22 bits per heavy atom. The van der Waals surface area contributed by atoms with E-state index in [2.05, 4.69) is 37.7 Å². The molecule has 6 heteroatoms. The monoisotopic (exact) mass is 320 g/mol. The minimum atomic E-state index is -1.22. The molecule has 1 aliphatic rings. The predicted octanol–water partition coefficient (Wildman–Crippen LogP) is 2.77. The van der Waals surface area contributed by atoms with Crippen molar-refractivity contribution in [3.8, 4) is 0 Å². The first-order valence-electron chi connectivity index (χ1n) is 7.44. The third kappa shape index (κ3) is 5.09. The Kier molecular flexibility index (Phi) is 5.90. The first-order chi connectivity index (χ1) is 10.6. The number of carbonyl (C=O) groups is 2. The number of aliphatic imine (C=N–C) groups is 1. The molecule has 126 valence electrons. The number of hydrogen-bond acceptors (Lipinski definition) is 4. The minimum Gasteiger partial charge on any atom is -0.478 e. The van der Waals surface area contributed by atoms with Crippen LogP contribution in [0.5, 0.6) is 0 Å². The first-order valence-corrected chi connectivity index (χ1v) is 7.44. The fourth-order valence-electron chi connectivity index (χ4n) is 2.43. The van der Waals surface area contributed by atoms with Gasteiger partial charge in [-0.05, 0) is 44.9 Å². The fraction of sp³-hybridized carbons (Fsp3) is 0.471. The van der Waals surface area contributed by atoms with Gasteiger partial charge in [-0.25, -0.2) is 9.59 Å². The Morgan fingerprint density at radius 2 is 1.78 bits per heavy atom. The molecule has 1 aromatic carbocycles. The Hall–Kier alpha value is -2.37. The second kappa shape index (κ2) is 7.26. The molecule has 2 N–H and O–H groups in total. The average molecular weight is 320 g/mol. The van der Waals surface area contributed by atoms with E-state index < -0.39 is 11.9 Å². The van der Waals surface area contributed by atoms with E-state index in [1.54, 1.807) is 6.07 Å². The van der Waals surface area contributed by atoms with Crippen molar-refractivity contribution in [2.24, 2.45) is 4.99 Å². The Balaban J connectivity index is 0.000000253. The standard InChI is InChI=1S/C10H10O4.C7H14N2/c1-2-6-3-4-7(9(11)12)8(5-6)10(13)14;1-6-8-7(2,3)5-9(6)4/h3-5H,2H2,1H3,(H,11,12)(H,13,14);5H2,1-4H3. The molecule has 0 spiro atoms. The van der Waals surface area contributed by atoms with Crippen LogP contribution in [0.3, 0.4) is 0 Å². The third-order valence-corrected chi connectivity index (χ3v) is 3.59. The maximum Gasteiger partial charge on any atom is 0.336 e. The lowest BCUT2D eigenvalue weighted by Gasteiger charge is -2.15. The summed E-state index contributed by atoms with van der Waals surface area (Å²) >= 11 is 0. The maximum atomic E-state index is 10.7. The van der Waals surface area contributed by atoms with Crippen LogP contribution in [-0.2, 0) is 6.42 Å². The third-order valence-electron chi connectivity index (χ3n) is 3.59. The van der Waals surface area contributed by atoms with E-state index in [1.807, 2.05) is 6.92 Å². The molecule has 0 aromatic heterocycles.